The van der Waals surface area contributed by atoms with Gasteiger partial charge < -0.3 is 5.32 Å². The minimum atomic E-state index is 0.0637. The van der Waals surface area contributed by atoms with Crippen LogP contribution in [0.1, 0.15) is 36.6 Å². The van der Waals surface area contributed by atoms with Crippen LogP contribution in [-0.2, 0) is 17.0 Å². The van der Waals surface area contributed by atoms with Gasteiger partial charge in [0.2, 0.25) is 5.91 Å². The molecule has 0 saturated heterocycles. The molecule has 2 aromatic rings. The van der Waals surface area contributed by atoms with E-state index in [9.17, 15) is 4.79 Å². The Labute approximate surface area is 140 Å². The van der Waals surface area contributed by atoms with Gasteiger partial charge in [-0.05, 0) is 18.9 Å². The zero-order chi connectivity index (χ0) is 15.8. The van der Waals surface area contributed by atoms with Crippen molar-refractivity contribution in [2.45, 2.75) is 43.2 Å². The van der Waals surface area contributed by atoms with E-state index in [1.165, 1.54) is 11.1 Å². The molecule has 0 fully saturated rings. The van der Waals surface area contributed by atoms with E-state index in [-0.39, 0.29) is 5.91 Å². The summed E-state index contributed by atoms with van der Waals surface area (Å²) in [4.78, 5) is 16.3. The Morgan fingerprint density at radius 1 is 1.32 bits per heavy atom. The summed E-state index contributed by atoms with van der Waals surface area (Å²) in [6.45, 7) is 4.97. The van der Waals surface area contributed by atoms with Crippen LogP contribution in [0.15, 0.2) is 34.0 Å². The maximum absolute atomic E-state index is 11.8. The molecular weight excluding hydrogens is 312 g/mol. The first-order valence-corrected chi connectivity index (χ1v) is 9.43. The van der Waals surface area contributed by atoms with Crippen LogP contribution in [0.5, 0.6) is 0 Å². The molecule has 0 saturated carbocycles. The molecule has 1 aromatic heterocycles. The third kappa shape index (κ3) is 5.81. The van der Waals surface area contributed by atoms with Crippen LogP contribution >= 0.6 is 23.1 Å². The minimum Gasteiger partial charge on any atom is -0.356 e. The summed E-state index contributed by atoms with van der Waals surface area (Å²) in [6, 6.07) is 8.56. The van der Waals surface area contributed by atoms with Crippen LogP contribution in [0.3, 0.4) is 0 Å². The van der Waals surface area contributed by atoms with Gasteiger partial charge in [-0.15, -0.1) is 11.3 Å². The van der Waals surface area contributed by atoms with Crippen LogP contribution < -0.4 is 5.32 Å². The second kappa shape index (κ2) is 8.96. The quantitative estimate of drug-likeness (QED) is 0.581. The van der Waals surface area contributed by atoms with Crippen molar-refractivity contribution in [3.05, 3.63) is 46.5 Å². The average molecular weight is 335 g/mol. The number of hydrogen-bond donors (Lipinski definition) is 1. The van der Waals surface area contributed by atoms with Gasteiger partial charge in [0.05, 0.1) is 12.1 Å². The van der Waals surface area contributed by atoms with Crippen molar-refractivity contribution in [2.75, 3.05) is 6.54 Å². The fraction of sp³-hybridized carbons (Fsp3) is 0.412. The van der Waals surface area contributed by atoms with Gasteiger partial charge in [0.15, 0.2) is 0 Å². The maximum Gasteiger partial charge on any atom is 0.226 e. The third-order valence-electron chi connectivity index (χ3n) is 3.21. The fourth-order valence-corrected chi connectivity index (χ4v) is 3.70. The van der Waals surface area contributed by atoms with Gasteiger partial charge in [-0.3, -0.25) is 4.79 Å². The molecule has 1 heterocycles. The number of aromatic nitrogens is 1. The summed E-state index contributed by atoms with van der Waals surface area (Å²) in [6.07, 6.45) is 2.50. The molecule has 118 valence electrons. The molecule has 1 amide bonds. The Morgan fingerprint density at radius 3 is 2.82 bits per heavy atom. The molecule has 1 N–H and O–H groups in total. The smallest absolute Gasteiger partial charge is 0.226 e. The van der Waals surface area contributed by atoms with E-state index in [0.29, 0.717) is 6.42 Å². The number of hydrogen-bond acceptors (Lipinski definition) is 4. The number of benzene rings is 1. The van der Waals surface area contributed by atoms with Gasteiger partial charge in [-0.2, -0.15) is 0 Å². The molecule has 0 spiro atoms. The van der Waals surface area contributed by atoms with Crippen LogP contribution in [-0.4, -0.2) is 17.4 Å². The fourth-order valence-electron chi connectivity index (χ4n) is 1.90. The lowest BCUT2D eigenvalue weighted by molar-refractivity contribution is -0.120. The predicted octanol–water partition coefficient (Wildman–Crippen LogP) is 4.20. The summed E-state index contributed by atoms with van der Waals surface area (Å²) in [5.41, 5.74) is 3.44. The van der Waals surface area contributed by atoms with Gasteiger partial charge in [0.25, 0.3) is 0 Å². The first-order valence-electron chi connectivity index (χ1n) is 7.57. The molecule has 0 bridgehead atoms. The van der Waals surface area contributed by atoms with Gasteiger partial charge in [0.1, 0.15) is 4.34 Å². The highest BCUT2D eigenvalue weighted by Gasteiger charge is 2.08. The Kier molecular flexibility index (Phi) is 6.93. The normalized spacial score (nSPS) is 10.6. The zero-order valence-corrected chi connectivity index (χ0v) is 14.7. The van der Waals surface area contributed by atoms with Crippen molar-refractivity contribution >= 4 is 29.0 Å². The minimum absolute atomic E-state index is 0.0637. The number of thiazole rings is 1. The van der Waals surface area contributed by atoms with Gasteiger partial charge in [0, 0.05) is 17.7 Å². The second-order valence-electron chi connectivity index (χ2n) is 5.26. The van der Waals surface area contributed by atoms with Crippen molar-refractivity contribution in [1.82, 2.24) is 10.3 Å². The van der Waals surface area contributed by atoms with E-state index < -0.39 is 0 Å². The zero-order valence-electron chi connectivity index (χ0n) is 13.1. The van der Waals surface area contributed by atoms with Crippen LogP contribution in [0, 0.1) is 6.92 Å². The topological polar surface area (TPSA) is 42.0 Å². The van der Waals surface area contributed by atoms with Crippen molar-refractivity contribution in [3.8, 4) is 0 Å². The number of carbonyl (C=O) groups is 1. The standard InChI is InChI=1S/C17H22N2OS2/c1-3-4-9-18-16(20)10-15-12-22-17(19-15)21-11-14-7-5-13(2)6-8-14/h5-8,12H,3-4,9-11H2,1-2H3,(H,18,20). The molecule has 0 radical (unpaired) electrons. The van der Waals surface area contributed by atoms with E-state index in [1.807, 2.05) is 5.38 Å². The maximum atomic E-state index is 11.8. The highest BCUT2D eigenvalue weighted by atomic mass is 32.2. The summed E-state index contributed by atoms with van der Waals surface area (Å²) < 4.78 is 1.02. The highest BCUT2D eigenvalue weighted by Crippen LogP contribution is 2.26. The first-order chi connectivity index (χ1) is 10.7. The van der Waals surface area contributed by atoms with Gasteiger partial charge in [-0.1, -0.05) is 54.9 Å². The average Bonchev–Trinajstić information content (AvgIpc) is 2.94. The van der Waals surface area contributed by atoms with Crippen molar-refractivity contribution in [2.24, 2.45) is 0 Å². The molecule has 3 nitrogen and oxygen atoms in total. The molecule has 0 atom stereocenters. The Morgan fingerprint density at radius 2 is 2.09 bits per heavy atom. The number of nitrogens with zero attached hydrogens (tertiary/aromatic N) is 1. The van der Waals surface area contributed by atoms with Gasteiger partial charge >= 0.3 is 0 Å². The molecule has 0 aliphatic heterocycles. The summed E-state index contributed by atoms with van der Waals surface area (Å²) in [5, 5.41) is 4.91. The number of amides is 1. The van der Waals surface area contributed by atoms with Gasteiger partial charge in [-0.25, -0.2) is 4.98 Å². The number of carbonyl (C=O) groups excluding carboxylic acids is 1. The molecule has 2 rings (SSSR count). The lowest BCUT2D eigenvalue weighted by Crippen LogP contribution is -2.26. The summed E-state index contributed by atoms with van der Waals surface area (Å²) in [7, 11) is 0. The number of aryl methyl sites for hydroxylation is 1. The van der Waals surface area contributed by atoms with Crippen LogP contribution in [0.2, 0.25) is 0 Å². The molecule has 0 unspecified atom stereocenters. The number of thioether (sulfide) groups is 1. The van der Waals surface area contributed by atoms with Crippen LogP contribution in [0.25, 0.3) is 0 Å². The molecule has 22 heavy (non-hydrogen) atoms. The SMILES string of the molecule is CCCCNC(=O)Cc1csc(SCc2ccc(C)cc2)n1. The third-order valence-corrected chi connectivity index (χ3v) is 5.35. The Hall–Kier alpha value is -1.33. The lowest BCUT2D eigenvalue weighted by Gasteiger charge is -2.02. The number of nitrogens with one attached hydrogen (secondary N) is 1. The number of rotatable bonds is 8. The Balaban J connectivity index is 1.78. The molecule has 0 aliphatic rings. The summed E-state index contributed by atoms with van der Waals surface area (Å²) >= 11 is 3.34. The second-order valence-corrected chi connectivity index (χ2v) is 7.34. The van der Waals surface area contributed by atoms with E-state index in [4.69, 9.17) is 0 Å². The van der Waals surface area contributed by atoms with Crippen molar-refractivity contribution in [3.63, 3.8) is 0 Å². The molecule has 0 aliphatic carbocycles. The van der Waals surface area contributed by atoms with Crippen LogP contribution in [0.4, 0.5) is 0 Å². The highest BCUT2D eigenvalue weighted by molar-refractivity contribution is 8.00. The molecule has 5 heteroatoms. The monoisotopic (exact) mass is 334 g/mol. The van der Waals surface area contributed by atoms with E-state index in [0.717, 1.165) is 35.2 Å². The van der Waals surface area contributed by atoms with E-state index in [2.05, 4.69) is 48.4 Å². The first kappa shape index (κ1) is 17.0. The largest absolute Gasteiger partial charge is 0.356 e. The Bertz CT molecular complexity index is 593. The van der Waals surface area contributed by atoms with Crippen molar-refractivity contribution < 1.29 is 4.79 Å². The number of unbranched alkanes of at least 4 members (excludes halogenated alkanes) is 1. The van der Waals surface area contributed by atoms with E-state index in [1.54, 1.807) is 23.1 Å². The predicted molar refractivity (Wildman–Crippen MR) is 94.5 cm³/mol. The summed E-state index contributed by atoms with van der Waals surface area (Å²) in [5.74, 6) is 0.976. The van der Waals surface area contributed by atoms with Crippen molar-refractivity contribution in [1.29, 1.82) is 0 Å². The lowest BCUT2D eigenvalue weighted by atomic mass is 10.2. The molecular formula is C17H22N2OS2. The van der Waals surface area contributed by atoms with E-state index >= 15 is 0 Å². The molecule has 1 aromatic carbocycles.